The minimum absolute atomic E-state index is 0.176. The summed E-state index contributed by atoms with van der Waals surface area (Å²) in [5, 5.41) is 6.73. The number of nitrogens with one attached hydrogen (secondary N) is 1. The summed E-state index contributed by atoms with van der Waals surface area (Å²) in [6.07, 6.45) is -0.168. The predicted octanol–water partition coefficient (Wildman–Crippen LogP) is 4.40. The fraction of sp³-hybridized carbons (Fsp3) is 0.150. The number of hydrogen-bond acceptors (Lipinski definition) is 4. The van der Waals surface area contributed by atoms with Crippen LogP contribution in [0, 0.1) is 0 Å². The molecule has 0 saturated heterocycles. The maximum Gasteiger partial charge on any atom is 0.416 e. The van der Waals surface area contributed by atoms with Crippen molar-refractivity contribution in [2.24, 2.45) is 0 Å². The lowest BCUT2D eigenvalue weighted by molar-refractivity contribution is -0.137. The lowest BCUT2D eigenvalue weighted by atomic mass is 10.1. The zero-order valence-electron chi connectivity index (χ0n) is 15.2. The van der Waals surface area contributed by atoms with Crippen molar-refractivity contribution in [1.82, 2.24) is 9.78 Å². The topological polar surface area (TPSA) is 77.1 Å². The number of ketones is 1. The Balaban J connectivity index is 1.57. The molecule has 1 amide bonds. The molecule has 0 spiro atoms. The molecule has 0 aliphatic rings. The third kappa shape index (κ3) is 5.44. The number of aromatic nitrogens is 2. The van der Waals surface area contributed by atoms with E-state index in [1.807, 2.05) is 0 Å². The first-order valence-corrected chi connectivity index (χ1v) is 8.50. The second-order valence-corrected chi connectivity index (χ2v) is 6.16. The number of anilines is 1. The Morgan fingerprint density at radius 1 is 1.14 bits per heavy atom. The zero-order chi connectivity index (χ0) is 21.0. The van der Waals surface area contributed by atoms with Gasteiger partial charge in [0.25, 0.3) is 0 Å². The van der Waals surface area contributed by atoms with E-state index in [0.29, 0.717) is 17.1 Å². The van der Waals surface area contributed by atoms with E-state index in [9.17, 15) is 22.8 Å². The fourth-order valence-corrected chi connectivity index (χ4v) is 2.45. The number of amides is 1. The lowest BCUT2D eigenvalue weighted by Gasteiger charge is -2.05. The summed E-state index contributed by atoms with van der Waals surface area (Å²) in [7, 11) is 0. The predicted molar refractivity (Wildman–Crippen MR) is 99.1 cm³/mol. The molecule has 3 rings (SSSR count). The quantitative estimate of drug-likeness (QED) is 0.489. The maximum atomic E-state index is 12.5. The van der Waals surface area contributed by atoms with Gasteiger partial charge in [-0.2, -0.15) is 18.3 Å². The Morgan fingerprint density at radius 3 is 2.48 bits per heavy atom. The van der Waals surface area contributed by atoms with Crippen LogP contribution in [-0.4, -0.2) is 21.5 Å². The first kappa shape index (κ1) is 20.1. The summed E-state index contributed by atoms with van der Waals surface area (Å²) in [6.45, 7) is 1.69. The highest BCUT2D eigenvalue weighted by molar-refractivity contribution is 6.01. The second kappa shape index (κ2) is 8.17. The van der Waals surface area contributed by atoms with Gasteiger partial charge in [-0.05, 0) is 35.9 Å². The molecule has 2 aromatic heterocycles. The highest BCUT2D eigenvalue weighted by Gasteiger charge is 2.29. The monoisotopic (exact) mass is 403 g/mol. The third-order valence-electron chi connectivity index (χ3n) is 3.88. The van der Waals surface area contributed by atoms with E-state index in [2.05, 4.69) is 10.4 Å². The number of nitrogens with zero attached hydrogens (tertiary/aromatic N) is 2. The number of hydrogen-bond donors (Lipinski definition) is 1. The van der Waals surface area contributed by atoms with Gasteiger partial charge in [-0.15, -0.1) is 0 Å². The summed E-state index contributed by atoms with van der Waals surface area (Å²) in [6, 6.07) is 9.29. The second-order valence-electron chi connectivity index (χ2n) is 6.16. The zero-order valence-corrected chi connectivity index (χ0v) is 15.2. The number of carbonyl (C=O) groups excluding carboxylic acids is 2. The Labute approximate surface area is 163 Å². The molecule has 0 unspecified atom stereocenters. The van der Waals surface area contributed by atoms with Gasteiger partial charge in [0, 0.05) is 25.3 Å². The molecule has 1 aromatic carbocycles. The third-order valence-corrected chi connectivity index (χ3v) is 3.88. The van der Waals surface area contributed by atoms with Gasteiger partial charge >= 0.3 is 6.18 Å². The highest BCUT2D eigenvalue weighted by atomic mass is 19.4. The van der Waals surface area contributed by atoms with Crippen molar-refractivity contribution in [3.63, 3.8) is 0 Å². The minimum Gasteiger partial charge on any atom is -0.456 e. The number of alkyl halides is 3. The molecule has 6 nitrogen and oxygen atoms in total. The number of benzene rings is 1. The van der Waals surface area contributed by atoms with E-state index >= 15 is 0 Å². The molecular formula is C20H16F3N3O3. The molecule has 29 heavy (non-hydrogen) atoms. The van der Waals surface area contributed by atoms with Crippen molar-refractivity contribution < 1.29 is 27.2 Å². The van der Waals surface area contributed by atoms with Crippen LogP contribution < -0.4 is 5.32 Å². The number of Topliss-reactive ketones (excluding diaryl/α,β-unsaturated/α-hetero) is 1. The smallest absolute Gasteiger partial charge is 0.416 e. The molecule has 0 aliphatic carbocycles. The van der Waals surface area contributed by atoms with E-state index in [0.717, 1.165) is 12.1 Å². The van der Waals surface area contributed by atoms with Crippen molar-refractivity contribution in [1.29, 1.82) is 0 Å². The number of rotatable bonds is 6. The highest BCUT2D eigenvalue weighted by Crippen LogP contribution is 2.29. The molecule has 0 radical (unpaired) electrons. The van der Waals surface area contributed by atoms with Crippen LogP contribution in [0.2, 0.25) is 0 Å². The van der Waals surface area contributed by atoms with Crippen LogP contribution in [0.3, 0.4) is 0 Å². The largest absolute Gasteiger partial charge is 0.456 e. The Morgan fingerprint density at radius 2 is 1.86 bits per heavy atom. The normalized spacial score (nSPS) is 11.7. The van der Waals surface area contributed by atoms with E-state index < -0.39 is 17.6 Å². The summed E-state index contributed by atoms with van der Waals surface area (Å²) in [5.74, 6) is 0.439. The molecule has 0 atom stereocenters. The van der Waals surface area contributed by atoms with Gasteiger partial charge < -0.3 is 9.73 Å². The Hall–Kier alpha value is -3.62. The lowest BCUT2D eigenvalue weighted by Crippen LogP contribution is -2.09. The van der Waals surface area contributed by atoms with Crippen molar-refractivity contribution in [2.75, 3.05) is 5.32 Å². The van der Waals surface area contributed by atoms with Gasteiger partial charge in [-0.1, -0.05) is 12.1 Å². The van der Waals surface area contributed by atoms with Crippen molar-refractivity contribution in [3.8, 4) is 0 Å². The summed E-state index contributed by atoms with van der Waals surface area (Å²) < 4.78 is 44.5. The van der Waals surface area contributed by atoms with E-state index in [1.165, 1.54) is 35.9 Å². The van der Waals surface area contributed by atoms with Crippen LogP contribution in [0.15, 0.2) is 59.2 Å². The Kier molecular flexibility index (Phi) is 5.67. The molecule has 150 valence electrons. The molecular weight excluding hydrogens is 387 g/mol. The Bertz CT molecular complexity index is 1050. The average Bonchev–Trinajstić information content (AvgIpc) is 3.30. The van der Waals surface area contributed by atoms with Gasteiger partial charge in [-0.25, -0.2) is 0 Å². The minimum atomic E-state index is -4.40. The number of furan rings is 1. The maximum absolute atomic E-state index is 12.5. The first-order valence-electron chi connectivity index (χ1n) is 8.50. The average molecular weight is 403 g/mol. The van der Waals surface area contributed by atoms with Gasteiger partial charge in [0.05, 0.1) is 12.1 Å². The summed E-state index contributed by atoms with van der Waals surface area (Å²) in [5.41, 5.74) is -0.297. The number of halogens is 3. The summed E-state index contributed by atoms with van der Waals surface area (Å²) in [4.78, 5) is 23.2. The molecule has 3 aromatic rings. The van der Waals surface area contributed by atoms with Crippen LogP contribution in [0.25, 0.3) is 6.08 Å². The molecule has 0 fully saturated rings. The molecule has 0 bridgehead atoms. The standard InChI is InChI=1S/C20H16F3N3O3/c1-13(27)17-8-7-16(29-17)12-26-11-10-18(25-26)24-19(28)9-4-14-2-5-15(6-3-14)20(21,22)23/h2-11H,12H2,1H3,(H,24,25,28)/b9-4+. The van der Waals surface area contributed by atoms with E-state index in [4.69, 9.17) is 4.42 Å². The van der Waals surface area contributed by atoms with Crippen LogP contribution in [0.5, 0.6) is 0 Å². The molecule has 9 heteroatoms. The number of carbonyl (C=O) groups is 2. The molecule has 2 heterocycles. The summed E-state index contributed by atoms with van der Waals surface area (Å²) >= 11 is 0. The van der Waals surface area contributed by atoms with E-state index in [-0.39, 0.29) is 18.1 Å². The van der Waals surface area contributed by atoms with Crippen LogP contribution in [0.1, 0.15) is 34.4 Å². The van der Waals surface area contributed by atoms with Crippen molar-refractivity contribution in [2.45, 2.75) is 19.6 Å². The van der Waals surface area contributed by atoms with Crippen molar-refractivity contribution in [3.05, 3.63) is 77.4 Å². The fourth-order valence-electron chi connectivity index (χ4n) is 2.45. The van der Waals surface area contributed by atoms with Crippen LogP contribution >= 0.6 is 0 Å². The van der Waals surface area contributed by atoms with Crippen molar-refractivity contribution >= 4 is 23.6 Å². The van der Waals surface area contributed by atoms with Gasteiger partial charge in [0.2, 0.25) is 5.91 Å². The first-order chi connectivity index (χ1) is 13.7. The van der Waals surface area contributed by atoms with Crippen LogP contribution in [-0.2, 0) is 17.5 Å². The van der Waals surface area contributed by atoms with Crippen LogP contribution in [0.4, 0.5) is 19.0 Å². The molecule has 0 saturated carbocycles. The molecule has 1 N–H and O–H groups in total. The van der Waals surface area contributed by atoms with Gasteiger partial charge in [0.1, 0.15) is 5.76 Å². The molecule has 0 aliphatic heterocycles. The van der Waals surface area contributed by atoms with E-state index in [1.54, 1.807) is 24.4 Å². The SMILES string of the molecule is CC(=O)c1ccc(Cn2ccc(NC(=O)/C=C/c3ccc(C(F)(F)F)cc3)n2)o1. The van der Waals surface area contributed by atoms with Gasteiger partial charge in [-0.3, -0.25) is 14.3 Å². The van der Waals surface area contributed by atoms with Gasteiger partial charge in [0.15, 0.2) is 17.4 Å².